The molecule has 1 aliphatic heterocycles. The molecule has 2 atom stereocenters. The van der Waals surface area contributed by atoms with E-state index in [1.807, 2.05) is 0 Å². The first-order valence-corrected chi connectivity index (χ1v) is 6.09. The summed E-state index contributed by atoms with van der Waals surface area (Å²) < 4.78 is 48.0. The molecule has 0 N–H and O–H groups in total. The maximum Gasteiger partial charge on any atom is 0.417 e. The second kappa shape index (κ2) is 5.53. The second-order valence-electron chi connectivity index (χ2n) is 5.56. The van der Waals surface area contributed by atoms with Gasteiger partial charge in [0.25, 0.3) is 0 Å². The number of imide groups is 1. The Hall–Kier alpha value is -1.80. The van der Waals surface area contributed by atoms with Crippen molar-refractivity contribution < 1.29 is 37.0 Å². The highest BCUT2D eigenvalue weighted by molar-refractivity contribution is 6.05. The van der Waals surface area contributed by atoms with Gasteiger partial charge < -0.3 is 9.47 Å². The van der Waals surface area contributed by atoms with Crippen LogP contribution < -0.4 is 0 Å². The van der Waals surface area contributed by atoms with Gasteiger partial charge in [-0.25, -0.2) is 9.69 Å². The summed E-state index contributed by atoms with van der Waals surface area (Å²) >= 11 is 0. The monoisotopic (exact) mass is 311 g/mol. The van der Waals surface area contributed by atoms with Crippen molar-refractivity contribution in [3.63, 3.8) is 0 Å². The highest BCUT2D eigenvalue weighted by atomic mass is 19.4. The number of nitrogens with zero attached hydrogens (tertiary/aromatic N) is 1. The number of likely N-dealkylation sites (tertiary alicyclic amines) is 1. The standard InChI is InChI=1S/C12H16F3NO5/c1-11(2,3)21-10(19)16-7(12(13,14)15)5-6(8(16)17)9(18)20-4/h6-7H,5H2,1-4H3. The Bertz CT molecular complexity index is 455. The number of methoxy groups -OCH3 is 1. The Labute approximate surface area is 119 Å². The topological polar surface area (TPSA) is 72.9 Å². The van der Waals surface area contributed by atoms with Crippen LogP contribution in [0.25, 0.3) is 0 Å². The van der Waals surface area contributed by atoms with Crippen LogP contribution in [-0.4, -0.2) is 47.8 Å². The minimum atomic E-state index is -4.85. The molecule has 120 valence electrons. The Morgan fingerprint density at radius 2 is 1.76 bits per heavy atom. The lowest BCUT2D eigenvalue weighted by Crippen LogP contribution is -2.48. The fourth-order valence-corrected chi connectivity index (χ4v) is 1.90. The molecule has 0 bridgehead atoms. The van der Waals surface area contributed by atoms with Gasteiger partial charge in [-0.2, -0.15) is 13.2 Å². The first-order chi connectivity index (χ1) is 9.38. The number of halogens is 3. The van der Waals surface area contributed by atoms with Crippen molar-refractivity contribution in [2.24, 2.45) is 5.92 Å². The summed E-state index contributed by atoms with van der Waals surface area (Å²) in [6.45, 7) is 4.35. The molecule has 0 aromatic carbocycles. The molecule has 1 fully saturated rings. The zero-order chi connectivity index (χ0) is 16.6. The van der Waals surface area contributed by atoms with Crippen molar-refractivity contribution >= 4 is 18.0 Å². The van der Waals surface area contributed by atoms with Crippen molar-refractivity contribution in [3.05, 3.63) is 0 Å². The van der Waals surface area contributed by atoms with E-state index in [-0.39, 0.29) is 4.90 Å². The van der Waals surface area contributed by atoms with Crippen LogP contribution in [0, 0.1) is 5.92 Å². The predicted molar refractivity (Wildman–Crippen MR) is 63.0 cm³/mol. The van der Waals surface area contributed by atoms with E-state index in [1.54, 1.807) is 0 Å². The van der Waals surface area contributed by atoms with Crippen LogP contribution in [0.1, 0.15) is 27.2 Å². The third-order valence-corrected chi connectivity index (χ3v) is 2.76. The van der Waals surface area contributed by atoms with E-state index in [9.17, 15) is 27.6 Å². The number of carbonyl (C=O) groups is 3. The van der Waals surface area contributed by atoms with Gasteiger partial charge in [0.2, 0.25) is 5.91 Å². The van der Waals surface area contributed by atoms with Gasteiger partial charge in [0.15, 0.2) is 0 Å². The van der Waals surface area contributed by atoms with Gasteiger partial charge in [0.1, 0.15) is 17.6 Å². The minimum Gasteiger partial charge on any atom is -0.468 e. The normalized spacial score (nSPS) is 23.2. The molecule has 0 aromatic rings. The van der Waals surface area contributed by atoms with E-state index >= 15 is 0 Å². The molecule has 1 heterocycles. The minimum absolute atomic E-state index is 0.0488. The van der Waals surface area contributed by atoms with E-state index in [4.69, 9.17) is 4.74 Å². The van der Waals surface area contributed by atoms with Crippen LogP contribution in [0.2, 0.25) is 0 Å². The summed E-state index contributed by atoms with van der Waals surface area (Å²) in [7, 11) is 0.953. The van der Waals surface area contributed by atoms with Crippen LogP contribution in [0.15, 0.2) is 0 Å². The maximum atomic E-state index is 13.0. The number of hydrogen-bond acceptors (Lipinski definition) is 5. The fourth-order valence-electron chi connectivity index (χ4n) is 1.90. The average molecular weight is 311 g/mol. The van der Waals surface area contributed by atoms with E-state index < -0.39 is 48.1 Å². The highest BCUT2D eigenvalue weighted by Gasteiger charge is 2.58. The molecule has 21 heavy (non-hydrogen) atoms. The molecule has 1 saturated heterocycles. The third-order valence-electron chi connectivity index (χ3n) is 2.76. The van der Waals surface area contributed by atoms with Crippen molar-refractivity contribution in [2.45, 2.75) is 45.0 Å². The molecule has 1 aliphatic rings. The molecule has 2 unspecified atom stereocenters. The van der Waals surface area contributed by atoms with Crippen LogP contribution in [-0.2, 0) is 19.1 Å². The molecule has 0 spiro atoms. The van der Waals surface area contributed by atoms with Crippen molar-refractivity contribution in [1.29, 1.82) is 0 Å². The summed E-state index contributed by atoms with van der Waals surface area (Å²) in [5.74, 6) is -4.03. The summed E-state index contributed by atoms with van der Waals surface area (Å²) in [4.78, 5) is 35.0. The van der Waals surface area contributed by atoms with Gasteiger partial charge in [-0.05, 0) is 27.2 Å². The van der Waals surface area contributed by atoms with Crippen LogP contribution in [0.3, 0.4) is 0 Å². The van der Waals surface area contributed by atoms with E-state index in [2.05, 4.69) is 4.74 Å². The SMILES string of the molecule is COC(=O)C1CC(C(F)(F)F)N(C(=O)OC(C)(C)C)C1=O. The van der Waals surface area contributed by atoms with Crippen molar-refractivity contribution in [2.75, 3.05) is 7.11 Å². The number of ether oxygens (including phenoxy) is 2. The molecule has 0 radical (unpaired) electrons. The zero-order valence-corrected chi connectivity index (χ0v) is 12.0. The number of alkyl halides is 3. The van der Waals surface area contributed by atoms with Gasteiger partial charge in [-0.3, -0.25) is 9.59 Å². The predicted octanol–water partition coefficient (Wildman–Crippen LogP) is 1.87. The Morgan fingerprint density at radius 3 is 2.14 bits per heavy atom. The van der Waals surface area contributed by atoms with E-state index in [0.29, 0.717) is 0 Å². The van der Waals surface area contributed by atoms with Crippen molar-refractivity contribution in [1.82, 2.24) is 4.90 Å². The molecule has 2 amide bonds. The molecule has 0 aliphatic carbocycles. The summed E-state index contributed by atoms with van der Waals surface area (Å²) in [6.07, 6.45) is -7.15. The number of rotatable bonds is 1. The lowest BCUT2D eigenvalue weighted by Gasteiger charge is -2.28. The lowest BCUT2D eigenvalue weighted by atomic mass is 10.1. The molecule has 9 heteroatoms. The van der Waals surface area contributed by atoms with Crippen LogP contribution >= 0.6 is 0 Å². The van der Waals surface area contributed by atoms with Crippen LogP contribution in [0.4, 0.5) is 18.0 Å². The van der Waals surface area contributed by atoms with Gasteiger partial charge in [-0.1, -0.05) is 0 Å². The largest absolute Gasteiger partial charge is 0.468 e. The summed E-state index contributed by atoms with van der Waals surface area (Å²) in [6, 6.07) is -2.40. The third kappa shape index (κ3) is 3.85. The van der Waals surface area contributed by atoms with Gasteiger partial charge in [0.05, 0.1) is 7.11 Å². The smallest absolute Gasteiger partial charge is 0.417 e. The fraction of sp³-hybridized carbons (Fsp3) is 0.750. The average Bonchev–Trinajstić information content (AvgIpc) is 2.63. The number of carbonyl (C=O) groups excluding carboxylic acids is 3. The number of hydrogen-bond donors (Lipinski definition) is 0. The Kier molecular flexibility index (Phi) is 4.54. The van der Waals surface area contributed by atoms with Gasteiger partial charge in [-0.15, -0.1) is 0 Å². The van der Waals surface area contributed by atoms with Crippen molar-refractivity contribution in [3.8, 4) is 0 Å². The van der Waals surface area contributed by atoms with E-state index in [1.165, 1.54) is 20.8 Å². The Morgan fingerprint density at radius 1 is 1.24 bits per heavy atom. The quantitative estimate of drug-likeness (QED) is 0.546. The zero-order valence-electron chi connectivity index (χ0n) is 12.0. The lowest BCUT2D eigenvalue weighted by molar-refractivity contribution is -0.177. The molecular formula is C12H16F3NO5. The molecule has 0 saturated carbocycles. The first-order valence-electron chi connectivity index (χ1n) is 6.09. The first kappa shape index (κ1) is 17.3. The Balaban J connectivity index is 3.09. The number of amides is 2. The van der Waals surface area contributed by atoms with Gasteiger partial charge in [0, 0.05) is 0 Å². The molecule has 0 aromatic heterocycles. The van der Waals surface area contributed by atoms with Gasteiger partial charge >= 0.3 is 18.2 Å². The molecule has 6 nitrogen and oxygen atoms in total. The molecule has 1 rings (SSSR count). The summed E-state index contributed by atoms with van der Waals surface area (Å²) in [5, 5.41) is 0. The summed E-state index contributed by atoms with van der Waals surface area (Å²) in [5.41, 5.74) is -1.07. The molecular weight excluding hydrogens is 295 g/mol. The highest BCUT2D eigenvalue weighted by Crippen LogP contribution is 2.37. The van der Waals surface area contributed by atoms with E-state index in [0.717, 1.165) is 7.11 Å². The second-order valence-corrected chi connectivity index (χ2v) is 5.56. The maximum absolute atomic E-state index is 13.0. The number of esters is 1. The van der Waals surface area contributed by atoms with Crippen LogP contribution in [0.5, 0.6) is 0 Å².